The fourth-order valence-electron chi connectivity index (χ4n) is 0.885. The van der Waals surface area contributed by atoms with E-state index in [1.54, 1.807) is 0 Å². The molecule has 0 aliphatic heterocycles. The van der Waals surface area contributed by atoms with E-state index in [-0.39, 0.29) is 0 Å². The fourth-order valence-corrected chi connectivity index (χ4v) is 0.885. The maximum atomic E-state index is 11.0. The number of rotatable bonds is 10. The van der Waals surface area contributed by atoms with Gasteiger partial charge in [0.2, 0.25) is 0 Å². The Morgan fingerprint density at radius 1 is 0.469 bits per heavy atom. The number of esters is 4. The molecule has 0 atom stereocenters. The molecule has 12 nitrogen and oxygen atoms in total. The summed E-state index contributed by atoms with van der Waals surface area (Å²) in [6.45, 7) is 13.0. The van der Waals surface area contributed by atoms with Crippen LogP contribution in [0.1, 0.15) is 0 Å². The number of hydrogen-bond donors (Lipinski definition) is 2. The molecule has 0 fully saturated rings. The first kappa shape index (κ1) is 31.7. The third-order valence-electron chi connectivity index (χ3n) is 1.87. The van der Waals surface area contributed by atoms with Crippen molar-refractivity contribution in [3.05, 3.63) is 87.8 Å². The van der Waals surface area contributed by atoms with Crippen LogP contribution in [0.3, 0.4) is 0 Å². The summed E-state index contributed by atoms with van der Waals surface area (Å²) in [4.78, 5) is 63.9. The summed E-state index contributed by atoms with van der Waals surface area (Å²) in [5.41, 5.74) is 0. The van der Waals surface area contributed by atoms with Crippen LogP contribution in [0.2, 0.25) is 0 Å². The molecule has 0 aliphatic carbocycles. The molecular weight excluding hydrogens is 432 g/mol. The Hall–Kier alpha value is -5.00. The Bertz CT molecular complexity index is 721. The fraction of sp³-hybridized carbons (Fsp3) is 0. The zero-order valence-corrected chi connectivity index (χ0v) is 16.6. The summed E-state index contributed by atoms with van der Waals surface area (Å²) in [5.74, 6) is -8.07. The lowest BCUT2D eigenvalue weighted by molar-refractivity contribution is -0.155. The minimum absolute atomic E-state index is 0.432. The van der Waals surface area contributed by atoms with E-state index in [2.05, 4.69) is 45.3 Å². The van der Waals surface area contributed by atoms with Crippen LogP contribution in [0.4, 0.5) is 0 Å². The molecule has 0 aliphatic rings. The monoisotopic (exact) mass is 452 g/mol. The first-order valence-corrected chi connectivity index (χ1v) is 7.80. The van der Waals surface area contributed by atoms with Crippen molar-refractivity contribution < 1.29 is 57.9 Å². The van der Waals surface area contributed by atoms with Gasteiger partial charge in [-0.05, 0) is 0 Å². The second-order valence-electron chi connectivity index (χ2n) is 4.10. The van der Waals surface area contributed by atoms with Crippen LogP contribution in [-0.4, -0.2) is 46.0 Å². The Labute approximate surface area is 182 Å². The van der Waals surface area contributed by atoms with E-state index in [9.17, 15) is 28.8 Å². The minimum atomic E-state index is -1.43. The molecule has 0 aromatic rings. The first-order valence-electron chi connectivity index (χ1n) is 7.80. The van der Waals surface area contributed by atoms with Crippen LogP contribution >= 0.6 is 0 Å². The van der Waals surface area contributed by atoms with Gasteiger partial charge in [0, 0.05) is 36.5 Å². The van der Waals surface area contributed by atoms with Crippen LogP contribution in [0.25, 0.3) is 0 Å². The number of hydrogen-bond acceptors (Lipinski definition) is 10. The lowest BCUT2D eigenvalue weighted by atomic mass is 10.4. The molecule has 12 heteroatoms. The summed E-state index contributed by atoms with van der Waals surface area (Å²) >= 11 is 0. The van der Waals surface area contributed by atoms with Crippen LogP contribution in [0.15, 0.2) is 87.8 Å². The van der Waals surface area contributed by atoms with E-state index >= 15 is 0 Å². The van der Waals surface area contributed by atoms with E-state index in [1.165, 1.54) is 25.0 Å². The second-order valence-corrected chi connectivity index (χ2v) is 4.10. The van der Waals surface area contributed by atoms with Gasteiger partial charge < -0.3 is 29.2 Å². The summed E-state index contributed by atoms with van der Waals surface area (Å²) in [6.07, 6.45) is 7.94. The van der Waals surface area contributed by atoms with Crippen LogP contribution in [0.5, 0.6) is 0 Å². The van der Waals surface area contributed by atoms with Crippen molar-refractivity contribution in [1.29, 1.82) is 0 Å². The molecule has 0 heterocycles. The molecule has 0 aromatic heterocycles. The molecule has 0 amide bonds. The van der Waals surface area contributed by atoms with Gasteiger partial charge in [-0.15, -0.1) is 0 Å². The Balaban J connectivity index is -0.000000695. The third kappa shape index (κ3) is 29.8. The van der Waals surface area contributed by atoms with Crippen molar-refractivity contribution >= 4 is 35.8 Å². The van der Waals surface area contributed by atoms with Gasteiger partial charge in [0.15, 0.2) is 0 Å². The number of aliphatic carboxylic acids is 2. The highest BCUT2D eigenvalue weighted by molar-refractivity contribution is 6.03. The Kier molecular flexibility index (Phi) is 22.1. The predicted octanol–water partition coefficient (Wildman–Crippen LogP) is 1.54. The lowest BCUT2D eigenvalue weighted by Gasteiger charge is -1.95. The molecule has 0 radical (unpaired) electrons. The second kappa shape index (κ2) is 22.3. The smallest absolute Gasteiger partial charge is 0.338 e. The number of carboxylic acid groups (broad SMARTS) is 2. The standard InChI is InChI=1S/C12H8O10.2C4H6O/c13-7(14)1-3-9(17)21-11(19)5-6-12(20)22-10(18)4-2-8(15)16;2*1-3-5-4-2/h1-6H,(H,13,14)(H,15,16);2*3-4H,1-2H2/b3-1-,4-2-,6-5-;;. The highest BCUT2D eigenvalue weighted by atomic mass is 16.6. The predicted molar refractivity (Wildman–Crippen MR) is 108 cm³/mol. The topological polar surface area (TPSA) is 180 Å². The molecule has 0 spiro atoms. The van der Waals surface area contributed by atoms with Gasteiger partial charge >= 0.3 is 35.8 Å². The van der Waals surface area contributed by atoms with Crippen molar-refractivity contribution in [2.24, 2.45) is 0 Å². The molecule has 0 bridgehead atoms. The largest absolute Gasteiger partial charge is 0.478 e. The summed E-state index contributed by atoms with van der Waals surface area (Å²) in [6, 6.07) is 0. The van der Waals surface area contributed by atoms with Crippen molar-refractivity contribution in [2.45, 2.75) is 0 Å². The Morgan fingerprint density at radius 3 is 0.844 bits per heavy atom. The molecule has 0 unspecified atom stereocenters. The number of carbonyl (C=O) groups excluding carboxylic acids is 4. The molecule has 0 aromatic carbocycles. The van der Waals surface area contributed by atoms with Crippen molar-refractivity contribution in [3.8, 4) is 0 Å². The molecule has 0 rings (SSSR count). The van der Waals surface area contributed by atoms with Gasteiger partial charge in [-0.1, -0.05) is 26.3 Å². The molecular formula is C20H20O12. The average molecular weight is 452 g/mol. The lowest BCUT2D eigenvalue weighted by Crippen LogP contribution is -2.11. The summed E-state index contributed by atoms with van der Waals surface area (Å²) in [7, 11) is 0. The Morgan fingerprint density at radius 2 is 0.688 bits per heavy atom. The maximum Gasteiger partial charge on any atom is 0.338 e. The van der Waals surface area contributed by atoms with Gasteiger partial charge in [0.05, 0.1) is 25.0 Å². The van der Waals surface area contributed by atoms with Gasteiger partial charge in [-0.25, -0.2) is 28.8 Å². The normalized spacial score (nSPS) is 9.12. The first-order chi connectivity index (χ1) is 15.0. The van der Waals surface area contributed by atoms with E-state index in [4.69, 9.17) is 10.2 Å². The summed E-state index contributed by atoms with van der Waals surface area (Å²) < 4.78 is 16.8. The SMILES string of the molecule is C=COC=C.C=COC=C.O=C(O)/C=C\C(=O)OC(=O)/C=C\C(=O)OC(=O)/C=C\C(=O)O. The molecule has 0 saturated heterocycles. The van der Waals surface area contributed by atoms with E-state index in [0.717, 1.165) is 0 Å². The van der Waals surface area contributed by atoms with Gasteiger partial charge in [0.25, 0.3) is 0 Å². The summed E-state index contributed by atoms with van der Waals surface area (Å²) in [5, 5.41) is 16.4. The zero-order valence-electron chi connectivity index (χ0n) is 16.6. The van der Waals surface area contributed by atoms with E-state index < -0.39 is 35.8 Å². The maximum absolute atomic E-state index is 11.0. The van der Waals surface area contributed by atoms with Crippen LogP contribution in [-0.2, 0) is 47.7 Å². The highest BCUT2D eigenvalue weighted by Crippen LogP contribution is 1.90. The van der Waals surface area contributed by atoms with Crippen LogP contribution < -0.4 is 0 Å². The zero-order chi connectivity index (χ0) is 25.4. The average Bonchev–Trinajstić information content (AvgIpc) is 2.71. The van der Waals surface area contributed by atoms with Crippen molar-refractivity contribution in [2.75, 3.05) is 0 Å². The third-order valence-corrected chi connectivity index (χ3v) is 1.87. The van der Waals surface area contributed by atoms with Crippen molar-refractivity contribution in [1.82, 2.24) is 0 Å². The molecule has 32 heavy (non-hydrogen) atoms. The minimum Gasteiger partial charge on any atom is -0.478 e. The highest BCUT2D eigenvalue weighted by Gasteiger charge is 2.08. The van der Waals surface area contributed by atoms with E-state index in [0.29, 0.717) is 36.5 Å². The van der Waals surface area contributed by atoms with E-state index in [1.807, 2.05) is 0 Å². The van der Waals surface area contributed by atoms with Gasteiger partial charge in [-0.2, -0.15) is 0 Å². The van der Waals surface area contributed by atoms with Gasteiger partial charge in [-0.3, -0.25) is 0 Å². The quantitative estimate of drug-likeness (QED) is 0.212. The van der Waals surface area contributed by atoms with Crippen molar-refractivity contribution in [3.63, 3.8) is 0 Å². The molecule has 0 saturated carbocycles. The number of carbonyl (C=O) groups is 6. The molecule has 172 valence electrons. The number of ether oxygens (including phenoxy) is 4. The number of carboxylic acids is 2. The van der Waals surface area contributed by atoms with Gasteiger partial charge in [0.1, 0.15) is 0 Å². The van der Waals surface area contributed by atoms with Crippen LogP contribution in [0, 0.1) is 0 Å². The molecule has 2 N–H and O–H groups in total.